The Bertz CT molecular complexity index is 1330. The molecule has 0 spiro atoms. The monoisotopic (exact) mass is 521 g/mol. The predicted molar refractivity (Wildman–Crippen MR) is 133 cm³/mol. The number of fused-ring (bicyclic) bond motifs is 1. The van der Waals surface area contributed by atoms with Gasteiger partial charge in [0.25, 0.3) is 0 Å². The Morgan fingerprint density at radius 1 is 0.971 bits per heavy atom. The van der Waals surface area contributed by atoms with Gasteiger partial charge in [0.2, 0.25) is 26.0 Å². The molecule has 0 atom stereocenters. The van der Waals surface area contributed by atoms with Gasteiger partial charge in [0.05, 0.1) is 16.9 Å². The maximum Gasteiger partial charge on any atom is 0.243 e. The first-order valence-corrected chi connectivity index (χ1v) is 14.5. The van der Waals surface area contributed by atoms with Crippen molar-refractivity contribution in [3.63, 3.8) is 0 Å². The average Bonchev–Trinajstić information content (AvgIpc) is 3.52. The first kappa shape index (κ1) is 25.6. The smallest absolute Gasteiger partial charge is 0.243 e. The summed E-state index contributed by atoms with van der Waals surface area (Å²) < 4.78 is 58.9. The van der Waals surface area contributed by atoms with E-state index in [4.69, 9.17) is 4.74 Å². The van der Waals surface area contributed by atoms with Crippen LogP contribution in [0.1, 0.15) is 30.4 Å². The molecule has 0 N–H and O–H groups in total. The highest BCUT2D eigenvalue weighted by Gasteiger charge is 2.29. The molecular formula is C24H31N3O6S2. The zero-order chi connectivity index (χ0) is 25.4. The molecule has 0 aliphatic carbocycles. The largest absolute Gasteiger partial charge is 0.496 e. The minimum Gasteiger partial charge on any atom is -0.496 e. The zero-order valence-electron chi connectivity index (χ0n) is 20.2. The number of carbonyl (C=O) groups excluding carboxylic acids is 1. The molecule has 2 aliphatic heterocycles. The molecule has 2 aromatic carbocycles. The van der Waals surface area contributed by atoms with Gasteiger partial charge in [0.1, 0.15) is 5.75 Å². The number of carbonyl (C=O) groups is 1. The second kappa shape index (κ2) is 9.88. The van der Waals surface area contributed by atoms with E-state index in [0.717, 1.165) is 22.7 Å². The standard InChI is InChI=1S/C24H31N3O6S2/c1-25(2)34(29,30)20-7-9-22-18(16-20)12-15-27(22)24(28)11-6-19-17-21(8-10-23(19)33-3)35(31,32)26-13-4-5-14-26/h7-10,16-17H,4-6,11-15H2,1-3H3. The van der Waals surface area contributed by atoms with Gasteiger partial charge in [-0.1, -0.05) is 0 Å². The lowest BCUT2D eigenvalue weighted by Gasteiger charge is -2.19. The number of ether oxygens (including phenoxy) is 1. The SMILES string of the molecule is COc1ccc(S(=O)(=O)N2CCCC2)cc1CCC(=O)N1CCc2cc(S(=O)(=O)N(C)C)ccc21. The Balaban J connectivity index is 1.51. The van der Waals surface area contributed by atoms with Crippen molar-refractivity contribution in [2.45, 2.75) is 41.9 Å². The normalized spacial score (nSPS) is 16.6. The number of hydrogen-bond donors (Lipinski definition) is 0. The number of sulfonamides is 2. The summed E-state index contributed by atoms with van der Waals surface area (Å²) >= 11 is 0. The van der Waals surface area contributed by atoms with Gasteiger partial charge >= 0.3 is 0 Å². The van der Waals surface area contributed by atoms with Gasteiger partial charge in [-0.3, -0.25) is 4.79 Å². The highest BCUT2D eigenvalue weighted by molar-refractivity contribution is 7.89. The van der Waals surface area contributed by atoms with Crippen LogP contribution in [0.15, 0.2) is 46.2 Å². The van der Waals surface area contributed by atoms with Gasteiger partial charge in [0.15, 0.2) is 0 Å². The van der Waals surface area contributed by atoms with Gasteiger partial charge in [-0.15, -0.1) is 0 Å². The average molecular weight is 522 g/mol. The third kappa shape index (κ3) is 4.95. The number of anilines is 1. The molecule has 4 rings (SSSR count). The summed E-state index contributed by atoms with van der Waals surface area (Å²) in [7, 11) is -2.63. The molecular weight excluding hydrogens is 490 g/mol. The number of methoxy groups -OCH3 is 1. The first-order chi connectivity index (χ1) is 16.6. The lowest BCUT2D eigenvalue weighted by molar-refractivity contribution is -0.118. The Kier molecular flexibility index (Phi) is 7.23. The number of nitrogens with zero attached hydrogens (tertiary/aromatic N) is 3. The molecule has 1 saturated heterocycles. The van der Waals surface area contributed by atoms with Crippen molar-refractivity contribution < 1.29 is 26.4 Å². The Hall–Kier alpha value is -2.47. The summed E-state index contributed by atoms with van der Waals surface area (Å²) in [5.41, 5.74) is 2.19. The van der Waals surface area contributed by atoms with Crippen LogP contribution in [-0.4, -0.2) is 72.2 Å². The van der Waals surface area contributed by atoms with Crippen molar-refractivity contribution in [1.82, 2.24) is 8.61 Å². The first-order valence-electron chi connectivity index (χ1n) is 11.6. The van der Waals surface area contributed by atoms with Crippen molar-refractivity contribution in [3.8, 4) is 5.75 Å². The van der Waals surface area contributed by atoms with Crippen molar-refractivity contribution in [2.24, 2.45) is 0 Å². The second-order valence-corrected chi connectivity index (χ2v) is 13.0. The predicted octanol–water partition coefficient (Wildman–Crippen LogP) is 2.25. The van der Waals surface area contributed by atoms with Gasteiger partial charge in [0, 0.05) is 45.8 Å². The van der Waals surface area contributed by atoms with Crippen LogP contribution in [0.2, 0.25) is 0 Å². The maximum atomic E-state index is 13.1. The number of benzene rings is 2. The second-order valence-electron chi connectivity index (χ2n) is 8.96. The van der Waals surface area contributed by atoms with Gasteiger partial charge in [-0.25, -0.2) is 21.1 Å². The molecule has 1 fully saturated rings. The van der Waals surface area contributed by atoms with Crippen LogP contribution >= 0.6 is 0 Å². The van der Waals surface area contributed by atoms with Crippen LogP contribution in [0, 0.1) is 0 Å². The third-order valence-corrected chi connectivity index (χ3v) is 10.3. The highest BCUT2D eigenvalue weighted by atomic mass is 32.2. The van der Waals surface area contributed by atoms with E-state index in [1.165, 1.54) is 31.6 Å². The quantitative estimate of drug-likeness (QED) is 0.528. The fourth-order valence-corrected chi connectivity index (χ4v) is 7.09. The molecule has 35 heavy (non-hydrogen) atoms. The lowest BCUT2D eigenvalue weighted by atomic mass is 10.1. The lowest BCUT2D eigenvalue weighted by Crippen LogP contribution is -2.29. The summed E-state index contributed by atoms with van der Waals surface area (Å²) in [5.74, 6) is 0.431. The third-order valence-electron chi connectivity index (χ3n) is 6.59. The van der Waals surface area contributed by atoms with Gasteiger partial charge < -0.3 is 9.64 Å². The van der Waals surface area contributed by atoms with Crippen molar-refractivity contribution in [3.05, 3.63) is 47.5 Å². The molecule has 0 unspecified atom stereocenters. The van der Waals surface area contributed by atoms with E-state index >= 15 is 0 Å². The van der Waals surface area contributed by atoms with E-state index in [-0.39, 0.29) is 22.1 Å². The van der Waals surface area contributed by atoms with Crippen LogP contribution in [0.4, 0.5) is 5.69 Å². The molecule has 0 aromatic heterocycles. The van der Waals surface area contributed by atoms with Crippen LogP contribution in [0.25, 0.3) is 0 Å². The summed E-state index contributed by atoms with van der Waals surface area (Å²) in [6, 6.07) is 9.63. The fraction of sp³-hybridized carbons (Fsp3) is 0.458. The Morgan fingerprint density at radius 3 is 2.31 bits per heavy atom. The topological polar surface area (TPSA) is 104 Å². The molecule has 0 saturated carbocycles. The van der Waals surface area contributed by atoms with Crippen molar-refractivity contribution in [2.75, 3.05) is 45.7 Å². The van der Waals surface area contributed by atoms with E-state index in [1.807, 2.05) is 0 Å². The molecule has 0 radical (unpaired) electrons. The maximum absolute atomic E-state index is 13.1. The minimum atomic E-state index is -3.57. The number of aryl methyl sites for hydroxylation is 1. The van der Waals surface area contributed by atoms with E-state index in [2.05, 4.69) is 0 Å². The Labute approximate surface area is 207 Å². The van der Waals surface area contributed by atoms with Gasteiger partial charge in [-0.05, 0) is 73.2 Å². The van der Waals surface area contributed by atoms with Gasteiger partial charge in [-0.2, -0.15) is 4.31 Å². The molecule has 9 nitrogen and oxygen atoms in total. The van der Waals surface area contributed by atoms with E-state index in [1.54, 1.807) is 35.2 Å². The van der Waals surface area contributed by atoms with Crippen LogP contribution in [0.3, 0.4) is 0 Å². The van der Waals surface area contributed by atoms with Crippen molar-refractivity contribution in [1.29, 1.82) is 0 Å². The highest BCUT2D eigenvalue weighted by Crippen LogP contribution is 2.32. The Morgan fingerprint density at radius 2 is 1.66 bits per heavy atom. The van der Waals surface area contributed by atoms with Crippen LogP contribution < -0.4 is 9.64 Å². The molecule has 1 amide bonds. The number of rotatable bonds is 8. The van der Waals surface area contributed by atoms with Crippen molar-refractivity contribution >= 4 is 31.6 Å². The minimum absolute atomic E-state index is 0.109. The summed E-state index contributed by atoms with van der Waals surface area (Å²) in [6.07, 6.45) is 2.78. The molecule has 2 aromatic rings. The number of hydrogen-bond acceptors (Lipinski definition) is 6. The van der Waals surface area contributed by atoms with Crippen LogP contribution in [0.5, 0.6) is 5.75 Å². The van der Waals surface area contributed by atoms with E-state index < -0.39 is 20.0 Å². The molecule has 2 aliphatic rings. The molecule has 2 heterocycles. The molecule has 0 bridgehead atoms. The number of amides is 1. The molecule has 11 heteroatoms. The van der Waals surface area contributed by atoms with Crippen LogP contribution in [-0.2, 0) is 37.7 Å². The zero-order valence-corrected chi connectivity index (χ0v) is 21.9. The molecule has 190 valence electrons. The summed E-state index contributed by atoms with van der Waals surface area (Å²) in [6.45, 7) is 1.52. The van der Waals surface area contributed by atoms with E-state index in [0.29, 0.717) is 49.5 Å². The summed E-state index contributed by atoms with van der Waals surface area (Å²) in [4.78, 5) is 15.2. The summed E-state index contributed by atoms with van der Waals surface area (Å²) in [5, 5.41) is 0. The fourth-order valence-electron chi connectivity index (χ4n) is 4.57. The van der Waals surface area contributed by atoms with E-state index in [9.17, 15) is 21.6 Å².